The van der Waals surface area contributed by atoms with Gasteiger partial charge in [-0.2, -0.15) is 0 Å². The molecule has 0 aliphatic rings. The standard InChI is InChI=1S/C13H12ClNO/c1-10-6-11(8-15-7-10)9-16-13-4-2-12(14)3-5-13/h2-8H,9H2,1H3. The van der Waals surface area contributed by atoms with Crippen molar-refractivity contribution in [3.8, 4) is 5.75 Å². The molecule has 0 aliphatic heterocycles. The molecule has 0 radical (unpaired) electrons. The lowest BCUT2D eigenvalue weighted by Crippen LogP contribution is -1.96. The second-order valence-electron chi connectivity index (χ2n) is 3.61. The Morgan fingerprint density at radius 1 is 1.19 bits per heavy atom. The number of nitrogens with zero attached hydrogens (tertiary/aromatic N) is 1. The van der Waals surface area contributed by atoms with Crippen LogP contribution in [0.1, 0.15) is 11.1 Å². The van der Waals surface area contributed by atoms with Gasteiger partial charge in [0.25, 0.3) is 0 Å². The molecule has 1 heterocycles. The van der Waals surface area contributed by atoms with E-state index in [2.05, 4.69) is 11.1 Å². The maximum Gasteiger partial charge on any atom is 0.119 e. The smallest absolute Gasteiger partial charge is 0.119 e. The van der Waals surface area contributed by atoms with E-state index in [1.54, 1.807) is 0 Å². The molecule has 1 aromatic heterocycles. The first-order valence-corrected chi connectivity index (χ1v) is 5.41. The van der Waals surface area contributed by atoms with Gasteiger partial charge in [-0.3, -0.25) is 4.98 Å². The zero-order valence-corrected chi connectivity index (χ0v) is 9.74. The molecule has 16 heavy (non-hydrogen) atoms. The second kappa shape index (κ2) is 4.99. The summed E-state index contributed by atoms with van der Waals surface area (Å²) in [7, 11) is 0. The van der Waals surface area contributed by atoms with Crippen molar-refractivity contribution in [1.29, 1.82) is 0 Å². The van der Waals surface area contributed by atoms with Crippen molar-refractivity contribution >= 4 is 11.6 Å². The van der Waals surface area contributed by atoms with Crippen molar-refractivity contribution in [2.45, 2.75) is 13.5 Å². The molecule has 0 saturated heterocycles. The van der Waals surface area contributed by atoms with Crippen molar-refractivity contribution in [1.82, 2.24) is 4.98 Å². The lowest BCUT2D eigenvalue weighted by atomic mass is 10.2. The minimum Gasteiger partial charge on any atom is -0.489 e. The van der Waals surface area contributed by atoms with Gasteiger partial charge in [-0.1, -0.05) is 11.6 Å². The summed E-state index contributed by atoms with van der Waals surface area (Å²) in [4.78, 5) is 4.11. The predicted octanol–water partition coefficient (Wildman–Crippen LogP) is 3.62. The van der Waals surface area contributed by atoms with Crippen molar-refractivity contribution in [2.75, 3.05) is 0 Å². The first-order valence-electron chi connectivity index (χ1n) is 5.03. The highest BCUT2D eigenvalue weighted by Gasteiger charge is 1.97. The van der Waals surface area contributed by atoms with E-state index in [4.69, 9.17) is 16.3 Å². The zero-order valence-electron chi connectivity index (χ0n) is 8.98. The summed E-state index contributed by atoms with van der Waals surface area (Å²) < 4.78 is 5.60. The molecule has 2 aromatic rings. The zero-order chi connectivity index (χ0) is 11.4. The monoisotopic (exact) mass is 233 g/mol. The molecule has 0 atom stereocenters. The van der Waals surface area contributed by atoms with Crippen LogP contribution in [-0.4, -0.2) is 4.98 Å². The van der Waals surface area contributed by atoms with E-state index in [1.807, 2.05) is 43.6 Å². The average molecular weight is 234 g/mol. The summed E-state index contributed by atoms with van der Waals surface area (Å²) in [5.41, 5.74) is 2.20. The summed E-state index contributed by atoms with van der Waals surface area (Å²) >= 11 is 5.78. The van der Waals surface area contributed by atoms with Crippen LogP contribution in [0.5, 0.6) is 5.75 Å². The number of hydrogen-bond donors (Lipinski definition) is 0. The first kappa shape index (κ1) is 11.0. The highest BCUT2D eigenvalue weighted by Crippen LogP contribution is 2.16. The summed E-state index contributed by atoms with van der Waals surface area (Å²) in [6.45, 7) is 2.54. The van der Waals surface area contributed by atoms with E-state index >= 15 is 0 Å². The summed E-state index contributed by atoms with van der Waals surface area (Å²) in [5.74, 6) is 0.811. The maximum absolute atomic E-state index is 5.78. The van der Waals surface area contributed by atoms with Gasteiger partial charge in [-0.05, 0) is 42.8 Å². The molecule has 0 fully saturated rings. The lowest BCUT2D eigenvalue weighted by Gasteiger charge is -2.06. The third kappa shape index (κ3) is 2.97. The van der Waals surface area contributed by atoms with Crippen LogP contribution in [0.15, 0.2) is 42.7 Å². The Morgan fingerprint density at radius 3 is 2.62 bits per heavy atom. The van der Waals surface area contributed by atoms with Gasteiger partial charge in [0.15, 0.2) is 0 Å². The molecule has 2 rings (SSSR count). The number of aryl methyl sites for hydroxylation is 1. The Labute approximate surface area is 99.9 Å². The van der Waals surface area contributed by atoms with Gasteiger partial charge >= 0.3 is 0 Å². The van der Waals surface area contributed by atoms with Gasteiger partial charge in [0.2, 0.25) is 0 Å². The normalized spacial score (nSPS) is 10.1. The molecule has 0 unspecified atom stereocenters. The number of ether oxygens (including phenoxy) is 1. The molecule has 0 N–H and O–H groups in total. The summed E-state index contributed by atoms with van der Waals surface area (Å²) in [5, 5.41) is 0.713. The van der Waals surface area contributed by atoms with Crippen LogP contribution in [-0.2, 0) is 6.61 Å². The number of benzene rings is 1. The quantitative estimate of drug-likeness (QED) is 0.808. The molecule has 0 aliphatic carbocycles. The van der Waals surface area contributed by atoms with E-state index in [1.165, 1.54) is 0 Å². The average Bonchev–Trinajstić information content (AvgIpc) is 2.28. The highest BCUT2D eigenvalue weighted by molar-refractivity contribution is 6.30. The number of hydrogen-bond acceptors (Lipinski definition) is 2. The van der Waals surface area contributed by atoms with Crippen LogP contribution in [0, 0.1) is 6.92 Å². The van der Waals surface area contributed by atoms with Gasteiger partial charge in [-0.25, -0.2) is 0 Å². The number of aromatic nitrogens is 1. The minimum atomic E-state index is 0.524. The molecule has 0 bridgehead atoms. The van der Waals surface area contributed by atoms with Crippen LogP contribution < -0.4 is 4.74 Å². The van der Waals surface area contributed by atoms with Crippen LogP contribution in [0.4, 0.5) is 0 Å². The van der Waals surface area contributed by atoms with E-state index in [0.717, 1.165) is 16.9 Å². The van der Waals surface area contributed by atoms with E-state index < -0.39 is 0 Å². The molecular weight excluding hydrogens is 222 g/mol. The fourth-order valence-corrected chi connectivity index (χ4v) is 1.52. The van der Waals surface area contributed by atoms with Gasteiger partial charge in [0.1, 0.15) is 12.4 Å². The Bertz CT molecular complexity index is 468. The maximum atomic E-state index is 5.78. The molecular formula is C13H12ClNO. The van der Waals surface area contributed by atoms with Crippen LogP contribution in [0.25, 0.3) is 0 Å². The van der Waals surface area contributed by atoms with Crippen LogP contribution in [0.3, 0.4) is 0 Å². The molecule has 0 amide bonds. The Morgan fingerprint density at radius 2 is 1.94 bits per heavy atom. The largest absolute Gasteiger partial charge is 0.489 e. The van der Waals surface area contributed by atoms with E-state index in [9.17, 15) is 0 Å². The summed E-state index contributed by atoms with van der Waals surface area (Å²) in [6, 6.07) is 9.39. The topological polar surface area (TPSA) is 22.1 Å². The van der Waals surface area contributed by atoms with Crippen molar-refractivity contribution < 1.29 is 4.74 Å². The van der Waals surface area contributed by atoms with Crippen LogP contribution in [0.2, 0.25) is 5.02 Å². The number of rotatable bonds is 3. The Hall–Kier alpha value is -1.54. The van der Waals surface area contributed by atoms with Gasteiger partial charge in [-0.15, -0.1) is 0 Å². The lowest BCUT2D eigenvalue weighted by molar-refractivity contribution is 0.305. The molecule has 0 spiro atoms. The Balaban J connectivity index is 1.99. The SMILES string of the molecule is Cc1cncc(COc2ccc(Cl)cc2)c1. The van der Waals surface area contributed by atoms with Gasteiger partial charge in [0, 0.05) is 23.0 Å². The molecule has 82 valence electrons. The Kier molecular flexibility index (Phi) is 3.42. The van der Waals surface area contributed by atoms with Crippen LogP contribution >= 0.6 is 11.6 Å². The summed E-state index contributed by atoms with van der Waals surface area (Å²) in [6.07, 6.45) is 3.63. The third-order valence-electron chi connectivity index (χ3n) is 2.15. The molecule has 0 saturated carbocycles. The first-order chi connectivity index (χ1) is 7.74. The highest BCUT2D eigenvalue weighted by atomic mass is 35.5. The van der Waals surface area contributed by atoms with E-state index in [0.29, 0.717) is 11.6 Å². The third-order valence-corrected chi connectivity index (χ3v) is 2.40. The fourth-order valence-electron chi connectivity index (χ4n) is 1.39. The molecule has 1 aromatic carbocycles. The fraction of sp³-hybridized carbons (Fsp3) is 0.154. The van der Waals surface area contributed by atoms with E-state index in [-0.39, 0.29) is 0 Å². The molecule has 2 nitrogen and oxygen atoms in total. The predicted molar refractivity (Wildman–Crippen MR) is 64.8 cm³/mol. The number of pyridine rings is 1. The van der Waals surface area contributed by atoms with Crippen molar-refractivity contribution in [3.05, 3.63) is 58.9 Å². The van der Waals surface area contributed by atoms with Crippen molar-refractivity contribution in [3.63, 3.8) is 0 Å². The minimum absolute atomic E-state index is 0.524. The van der Waals surface area contributed by atoms with Gasteiger partial charge < -0.3 is 4.74 Å². The number of halogens is 1. The van der Waals surface area contributed by atoms with Crippen molar-refractivity contribution in [2.24, 2.45) is 0 Å². The second-order valence-corrected chi connectivity index (χ2v) is 4.05. The molecule has 3 heteroatoms. The van der Waals surface area contributed by atoms with Gasteiger partial charge in [0.05, 0.1) is 0 Å².